The van der Waals surface area contributed by atoms with Crippen molar-refractivity contribution in [3.05, 3.63) is 69.4 Å². The van der Waals surface area contributed by atoms with Gasteiger partial charge in [-0.25, -0.2) is 0 Å². The fraction of sp³-hybridized carbons (Fsp3) is 0.438. The van der Waals surface area contributed by atoms with Crippen LogP contribution in [0.25, 0.3) is 32.0 Å². The molecular formula is C32H38S2. The molecule has 34 heavy (non-hydrogen) atoms. The molecule has 2 heteroatoms. The third kappa shape index (κ3) is 4.18. The van der Waals surface area contributed by atoms with Crippen LogP contribution in [-0.2, 0) is 0 Å². The summed E-state index contributed by atoms with van der Waals surface area (Å²) in [4.78, 5) is 2.95. The highest BCUT2D eigenvalue weighted by Crippen LogP contribution is 2.55. The Morgan fingerprint density at radius 3 is 1.44 bits per heavy atom. The number of thiophene rings is 2. The molecule has 0 aliphatic heterocycles. The molecule has 0 N–H and O–H groups in total. The molecule has 178 valence electrons. The maximum atomic E-state index is 2.61. The van der Waals surface area contributed by atoms with Crippen LogP contribution < -0.4 is 0 Å². The second-order valence-electron chi connectivity index (χ2n) is 10.1. The van der Waals surface area contributed by atoms with E-state index in [2.05, 4.69) is 74.9 Å². The summed E-state index contributed by atoms with van der Waals surface area (Å²) in [7, 11) is 0. The first kappa shape index (κ1) is 23.8. The SMILES string of the molecule is CCCCC(/C=C1/c2cc3c(cc2-c2sccc21)/C(=C/C(CC)CCCC)c1ccsc1-3)CC. The Labute approximate surface area is 214 Å². The Bertz CT molecular complexity index is 1120. The molecule has 2 aromatic heterocycles. The van der Waals surface area contributed by atoms with E-state index in [4.69, 9.17) is 0 Å². The molecule has 0 spiro atoms. The van der Waals surface area contributed by atoms with Gasteiger partial charge in [0.1, 0.15) is 0 Å². The minimum Gasteiger partial charge on any atom is -0.143 e. The summed E-state index contributed by atoms with van der Waals surface area (Å²) in [5.41, 5.74) is 11.8. The van der Waals surface area contributed by atoms with Gasteiger partial charge >= 0.3 is 0 Å². The third-order valence-electron chi connectivity index (χ3n) is 7.85. The summed E-state index contributed by atoms with van der Waals surface area (Å²) in [6.07, 6.45) is 15.5. The predicted molar refractivity (Wildman–Crippen MR) is 154 cm³/mol. The monoisotopic (exact) mass is 486 g/mol. The summed E-state index contributed by atoms with van der Waals surface area (Å²) in [5, 5.41) is 4.57. The van der Waals surface area contributed by atoms with Crippen molar-refractivity contribution in [1.82, 2.24) is 0 Å². The van der Waals surface area contributed by atoms with E-state index in [0.717, 1.165) is 0 Å². The van der Waals surface area contributed by atoms with Gasteiger partial charge in [-0.05, 0) is 94.8 Å². The van der Waals surface area contributed by atoms with E-state index < -0.39 is 0 Å². The molecular weight excluding hydrogens is 448 g/mol. The van der Waals surface area contributed by atoms with Gasteiger partial charge in [-0.2, -0.15) is 0 Å². The van der Waals surface area contributed by atoms with Crippen molar-refractivity contribution in [3.8, 4) is 20.9 Å². The van der Waals surface area contributed by atoms with E-state index in [-0.39, 0.29) is 0 Å². The second-order valence-corrected chi connectivity index (χ2v) is 11.9. The van der Waals surface area contributed by atoms with Crippen molar-refractivity contribution in [2.24, 2.45) is 11.8 Å². The Hall–Kier alpha value is -1.90. The highest BCUT2D eigenvalue weighted by atomic mass is 32.1. The average Bonchev–Trinajstić information content (AvgIpc) is 3.62. The number of allylic oxidation sites excluding steroid dienone is 2. The quantitative estimate of drug-likeness (QED) is 0.184. The lowest BCUT2D eigenvalue weighted by atomic mass is 9.90. The molecule has 2 aliphatic carbocycles. The van der Waals surface area contributed by atoms with Crippen molar-refractivity contribution in [2.45, 2.75) is 79.1 Å². The Morgan fingerprint density at radius 2 is 1.06 bits per heavy atom. The molecule has 0 fully saturated rings. The van der Waals surface area contributed by atoms with Gasteiger partial charge in [0, 0.05) is 32.0 Å². The van der Waals surface area contributed by atoms with Gasteiger partial charge in [0.25, 0.3) is 0 Å². The minimum atomic E-state index is 0.665. The van der Waals surface area contributed by atoms with Crippen LogP contribution in [0.15, 0.2) is 47.2 Å². The van der Waals surface area contributed by atoms with E-state index in [1.54, 1.807) is 0 Å². The molecule has 0 bridgehead atoms. The number of hydrogen-bond donors (Lipinski definition) is 0. The van der Waals surface area contributed by atoms with Crippen molar-refractivity contribution in [3.63, 3.8) is 0 Å². The first-order chi connectivity index (χ1) is 16.7. The molecule has 2 heterocycles. The van der Waals surface area contributed by atoms with E-state index in [1.807, 2.05) is 22.7 Å². The van der Waals surface area contributed by atoms with Gasteiger partial charge in [-0.1, -0.05) is 65.5 Å². The van der Waals surface area contributed by atoms with Gasteiger partial charge in [0.2, 0.25) is 0 Å². The molecule has 0 saturated heterocycles. The number of benzene rings is 1. The third-order valence-corrected chi connectivity index (χ3v) is 9.74. The molecule has 5 rings (SSSR count). The molecule has 0 radical (unpaired) electrons. The first-order valence-electron chi connectivity index (χ1n) is 13.5. The van der Waals surface area contributed by atoms with E-state index in [9.17, 15) is 0 Å². The highest BCUT2D eigenvalue weighted by molar-refractivity contribution is 7.14. The zero-order valence-electron chi connectivity index (χ0n) is 21.2. The molecule has 2 atom stereocenters. The number of unbranched alkanes of at least 4 members (excludes halogenated alkanes) is 2. The summed E-state index contributed by atoms with van der Waals surface area (Å²) < 4.78 is 0. The minimum absolute atomic E-state index is 0.665. The molecule has 0 saturated carbocycles. The van der Waals surface area contributed by atoms with Gasteiger partial charge in [-0.15, -0.1) is 22.7 Å². The summed E-state index contributed by atoms with van der Waals surface area (Å²) in [6.45, 7) is 9.31. The standard InChI is InChI=1S/C32H38S2/c1-5-9-11-21(7-3)17-25-23-13-15-33-31(23)29-20-28-26(18-22(8-4)12-10-6-2)24-14-16-34-32(24)30(28)19-27(25)29/h13-22H,5-12H2,1-4H3/b25-17+,26-18+. The molecule has 0 nitrogen and oxygen atoms in total. The Kier molecular flexibility index (Phi) is 7.27. The predicted octanol–water partition coefficient (Wildman–Crippen LogP) is 11.1. The van der Waals surface area contributed by atoms with Crippen LogP contribution in [0.2, 0.25) is 0 Å². The van der Waals surface area contributed by atoms with Crippen LogP contribution in [-0.4, -0.2) is 0 Å². The average molecular weight is 487 g/mol. The lowest BCUT2D eigenvalue weighted by Crippen LogP contribution is -1.97. The maximum Gasteiger partial charge on any atom is 0.0427 e. The van der Waals surface area contributed by atoms with Crippen LogP contribution in [0, 0.1) is 11.8 Å². The second kappa shape index (κ2) is 10.4. The summed E-state index contributed by atoms with van der Waals surface area (Å²) in [6, 6.07) is 9.79. The van der Waals surface area contributed by atoms with Crippen LogP contribution >= 0.6 is 22.7 Å². The van der Waals surface area contributed by atoms with E-state index in [1.165, 1.54) is 106 Å². The fourth-order valence-corrected chi connectivity index (χ4v) is 7.63. The smallest absolute Gasteiger partial charge is 0.0427 e. The van der Waals surface area contributed by atoms with Crippen molar-refractivity contribution in [1.29, 1.82) is 0 Å². The Balaban J connectivity index is 1.63. The van der Waals surface area contributed by atoms with Crippen molar-refractivity contribution in [2.75, 3.05) is 0 Å². The van der Waals surface area contributed by atoms with Gasteiger partial charge in [0.15, 0.2) is 0 Å². The van der Waals surface area contributed by atoms with E-state index in [0.29, 0.717) is 11.8 Å². The van der Waals surface area contributed by atoms with Crippen LogP contribution in [0.1, 0.15) is 101 Å². The van der Waals surface area contributed by atoms with Crippen molar-refractivity contribution >= 4 is 33.8 Å². The molecule has 2 aliphatic rings. The number of hydrogen-bond acceptors (Lipinski definition) is 2. The molecule has 1 aromatic carbocycles. The fourth-order valence-electron chi connectivity index (χ4n) is 5.74. The van der Waals surface area contributed by atoms with E-state index >= 15 is 0 Å². The van der Waals surface area contributed by atoms with Crippen LogP contribution in [0.4, 0.5) is 0 Å². The first-order valence-corrected chi connectivity index (χ1v) is 15.2. The maximum absolute atomic E-state index is 2.61. The van der Waals surface area contributed by atoms with Crippen LogP contribution in [0.3, 0.4) is 0 Å². The Morgan fingerprint density at radius 1 is 0.618 bits per heavy atom. The van der Waals surface area contributed by atoms with Gasteiger partial charge in [0.05, 0.1) is 0 Å². The number of fused-ring (bicyclic) bond motifs is 6. The molecule has 2 unspecified atom stereocenters. The summed E-state index contributed by atoms with van der Waals surface area (Å²) in [5.74, 6) is 1.33. The molecule has 3 aromatic rings. The largest absolute Gasteiger partial charge is 0.143 e. The summed E-state index contributed by atoms with van der Waals surface area (Å²) >= 11 is 3.83. The van der Waals surface area contributed by atoms with Crippen LogP contribution in [0.5, 0.6) is 0 Å². The topological polar surface area (TPSA) is 0 Å². The number of rotatable bonds is 10. The highest BCUT2D eigenvalue weighted by Gasteiger charge is 2.32. The van der Waals surface area contributed by atoms with Gasteiger partial charge < -0.3 is 0 Å². The zero-order valence-corrected chi connectivity index (χ0v) is 22.9. The molecule has 0 amide bonds. The lowest BCUT2D eigenvalue weighted by Gasteiger charge is -2.14. The zero-order chi connectivity index (χ0) is 23.7. The normalized spacial score (nSPS) is 17.6. The lowest BCUT2D eigenvalue weighted by molar-refractivity contribution is 0.541. The van der Waals surface area contributed by atoms with Crippen molar-refractivity contribution < 1.29 is 0 Å². The van der Waals surface area contributed by atoms with Gasteiger partial charge in [-0.3, -0.25) is 0 Å².